The van der Waals surface area contributed by atoms with Crippen LogP contribution < -0.4 is 5.32 Å². The number of amides is 1. The summed E-state index contributed by atoms with van der Waals surface area (Å²) in [5, 5.41) is 12.2. The van der Waals surface area contributed by atoms with E-state index >= 15 is 0 Å². The number of hydrogen-bond acceptors (Lipinski definition) is 3. The molecule has 1 amide bonds. The van der Waals surface area contributed by atoms with Gasteiger partial charge in [-0.15, -0.1) is 0 Å². The van der Waals surface area contributed by atoms with E-state index in [9.17, 15) is 4.79 Å². The third-order valence-corrected chi connectivity index (χ3v) is 4.04. The van der Waals surface area contributed by atoms with Gasteiger partial charge < -0.3 is 10.2 Å². The summed E-state index contributed by atoms with van der Waals surface area (Å²) in [5.41, 5.74) is -0.327. The number of carbonyl (C=O) groups excluding carboxylic acids is 1. The van der Waals surface area contributed by atoms with Crippen LogP contribution in [0, 0.1) is 11.3 Å². The molecule has 4 heteroatoms. The van der Waals surface area contributed by atoms with Gasteiger partial charge in [-0.1, -0.05) is 13.3 Å². The molecule has 2 rings (SSSR count). The van der Waals surface area contributed by atoms with Crippen LogP contribution in [0.25, 0.3) is 0 Å². The summed E-state index contributed by atoms with van der Waals surface area (Å²) in [5.74, 6) is 0.250. The number of rotatable bonds is 6. The Morgan fingerprint density at radius 3 is 2.83 bits per heavy atom. The average Bonchev–Trinajstić information content (AvgIpc) is 3.09. The molecule has 2 fully saturated rings. The Hall–Kier alpha value is -1.08. The second-order valence-corrected chi connectivity index (χ2v) is 5.50. The Kier molecular flexibility index (Phi) is 4.23. The molecule has 1 atom stereocenters. The van der Waals surface area contributed by atoms with Gasteiger partial charge in [-0.2, -0.15) is 5.26 Å². The van der Waals surface area contributed by atoms with Crippen LogP contribution in [0.1, 0.15) is 51.9 Å². The maximum atomic E-state index is 12.8. The van der Waals surface area contributed by atoms with Gasteiger partial charge in [0.1, 0.15) is 0 Å². The van der Waals surface area contributed by atoms with Crippen molar-refractivity contribution in [2.75, 3.05) is 13.1 Å². The molecule has 0 aromatic heterocycles. The standard InChI is InChI=1S/C14H23N3O/c1-2-7-14(8-3-10-16-14)13(18)17(11-4-9-15)12-5-6-12/h12,16H,2-8,10-11H2,1H3. The molecule has 0 spiro atoms. The van der Waals surface area contributed by atoms with Crippen molar-refractivity contribution in [1.29, 1.82) is 5.26 Å². The second kappa shape index (κ2) is 5.71. The predicted octanol–water partition coefficient (Wildman–Crippen LogP) is 1.81. The fraction of sp³-hybridized carbons (Fsp3) is 0.857. The summed E-state index contributed by atoms with van der Waals surface area (Å²) in [6.45, 7) is 3.68. The maximum absolute atomic E-state index is 12.8. The maximum Gasteiger partial charge on any atom is 0.243 e. The zero-order chi connectivity index (χ0) is 13.0. The molecule has 0 aromatic carbocycles. The first-order chi connectivity index (χ1) is 8.73. The summed E-state index contributed by atoms with van der Waals surface area (Å²) in [6, 6.07) is 2.56. The molecule has 1 heterocycles. The summed E-state index contributed by atoms with van der Waals surface area (Å²) in [6.07, 6.45) is 6.65. The van der Waals surface area contributed by atoms with Crippen LogP contribution in [0.4, 0.5) is 0 Å². The van der Waals surface area contributed by atoms with Crippen molar-refractivity contribution in [2.24, 2.45) is 0 Å². The number of carbonyl (C=O) groups is 1. The zero-order valence-corrected chi connectivity index (χ0v) is 11.2. The largest absolute Gasteiger partial charge is 0.337 e. The van der Waals surface area contributed by atoms with Crippen molar-refractivity contribution >= 4 is 5.91 Å². The van der Waals surface area contributed by atoms with Crippen LogP contribution in [0.15, 0.2) is 0 Å². The van der Waals surface area contributed by atoms with E-state index in [1.54, 1.807) is 0 Å². The molecular weight excluding hydrogens is 226 g/mol. The zero-order valence-electron chi connectivity index (χ0n) is 11.2. The van der Waals surface area contributed by atoms with Crippen molar-refractivity contribution in [1.82, 2.24) is 10.2 Å². The fourth-order valence-corrected chi connectivity index (χ4v) is 3.02. The molecule has 4 nitrogen and oxygen atoms in total. The van der Waals surface area contributed by atoms with Gasteiger partial charge in [-0.25, -0.2) is 0 Å². The van der Waals surface area contributed by atoms with Gasteiger partial charge in [-0.3, -0.25) is 4.79 Å². The number of hydrogen-bond donors (Lipinski definition) is 1. The smallest absolute Gasteiger partial charge is 0.243 e. The Morgan fingerprint density at radius 2 is 2.33 bits per heavy atom. The van der Waals surface area contributed by atoms with Crippen molar-refractivity contribution in [3.05, 3.63) is 0 Å². The van der Waals surface area contributed by atoms with Crippen LogP contribution in [0.2, 0.25) is 0 Å². The van der Waals surface area contributed by atoms with E-state index in [1.165, 1.54) is 0 Å². The van der Waals surface area contributed by atoms with Gasteiger partial charge in [0, 0.05) is 12.6 Å². The van der Waals surface area contributed by atoms with Crippen molar-refractivity contribution < 1.29 is 4.79 Å². The highest BCUT2D eigenvalue weighted by Crippen LogP contribution is 2.33. The first-order valence-electron chi connectivity index (χ1n) is 7.16. The minimum absolute atomic E-state index is 0.250. The molecule has 1 unspecified atom stereocenters. The topological polar surface area (TPSA) is 56.1 Å². The van der Waals surface area contributed by atoms with E-state index in [-0.39, 0.29) is 11.4 Å². The molecule has 2 aliphatic rings. The van der Waals surface area contributed by atoms with Gasteiger partial charge in [0.05, 0.1) is 18.0 Å². The third kappa shape index (κ3) is 2.67. The summed E-state index contributed by atoms with van der Waals surface area (Å²) < 4.78 is 0. The summed E-state index contributed by atoms with van der Waals surface area (Å²) in [4.78, 5) is 14.8. The van der Waals surface area contributed by atoms with Crippen LogP contribution >= 0.6 is 0 Å². The lowest BCUT2D eigenvalue weighted by atomic mass is 9.90. The van der Waals surface area contributed by atoms with Crippen LogP contribution in [0.3, 0.4) is 0 Å². The molecule has 1 N–H and O–H groups in total. The highest BCUT2D eigenvalue weighted by Gasteiger charge is 2.45. The Morgan fingerprint density at radius 1 is 1.56 bits per heavy atom. The van der Waals surface area contributed by atoms with E-state index in [2.05, 4.69) is 18.3 Å². The van der Waals surface area contributed by atoms with E-state index in [0.29, 0.717) is 19.0 Å². The summed E-state index contributed by atoms with van der Waals surface area (Å²) in [7, 11) is 0. The van der Waals surface area contributed by atoms with E-state index in [0.717, 1.165) is 45.1 Å². The molecule has 1 saturated heterocycles. The molecular formula is C14H23N3O. The van der Waals surface area contributed by atoms with Crippen LogP contribution in [-0.2, 0) is 4.79 Å². The molecule has 0 bridgehead atoms. The number of nitriles is 1. The number of nitrogens with zero attached hydrogens (tertiary/aromatic N) is 2. The molecule has 0 radical (unpaired) electrons. The van der Waals surface area contributed by atoms with E-state index in [1.807, 2.05) is 4.90 Å². The summed E-state index contributed by atoms with van der Waals surface area (Å²) >= 11 is 0. The first kappa shape index (κ1) is 13.4. The highest BCUT2D eigenvalue weighted by molar-refractivity contribution is 5.87. The van der Waals surface area contributed by atoms with Crippen molar-refractivity contribution in [2.45, 2.75) is 63.5 Å². The SMILES string of the molecule is CCCC1(C(=O)N(CCC#N)C2CC2)CCCN1. The van der Waals surface area contributed by atoms with Gasteiger partial charge in [-0.05, 0) is 38.6 Å². The van der Waals surface area contributed by atoms with Gasteiger partial charge >= 0.3 is 0 Å². The van der Waals surface area contributed by atoms with Crippen LogP contribution in [-0.4, -0.2) is 35.5 Å². The van der Waals surface area contributed by atoms with Crippen LogP contribution in [0.5, 0.6) is 0 Å². The molecule has 1 saturated carbocycles. The highest BCUT2D eigenvalue weighted by atomic mass is 16.2. The Bertz CT molecular complexity index is 337. The predicted molar refractivity (Wildman–Crippen MR) is 69.8 cm³/mol. The monoisotopic (exact) mass is 249 g/mol. The Labute approximate surface area is 109 Å². The molecule has 1 aliphatic heterocycles. The van der Waals surface area contributed by atoms with Gasteiger partial charge in [0.15, 0.2) is 0 Å². The molecule has 18 heavy (non-hydrogen) atoms. The van der Waals surface area contributed by atoms with Crippen molar-refractivity contribution in [3.63, 3.8) is 0 Å². The lowest BCUT2D eigenvalue weighted by molar-refractivity contribution is -0.138. The molecule has 1 aliphatic carbocycles. The third-order valence-electron chi connectivity index (χ3n) is 4.04. The molecule has 0 aromatic rings. The van der Waals surface area contributed by atoms with E-state index in [4.69, 9.17) is 5.26 Å². The lowest BCUT2D eigenvalue weighted by Crippen LogP contribution is -2.55. The normalized spacial score (nSPS) is 26.9. The van der Waals surface area contributed by atoms with E-state index < -0.39 is 0 Å². The molecule has 100 valence electrons. The lowest BCUT2D eigenvalue weighted by Gasteiger charge is -2.34. The quantitative estimate of drug-likeness (QED) is 0.781. The first-order valence-corrected chi connectivity index (χ1v) is 7.16. The minimum Gasteiger partial charge on any atom is -0.337 e. The fourth-order valence-electron chi connectivity index (χ4n) is 3.02. The average molecular weight is 249 g/mol. The van der Waals surface area contributed by atoms with Crippen molar-refractivity contribution in [3.8, 4) is 6.07 Å². The van der Waals surface area contributed by atoms with Gasteiger partial charge in [0.25, 0.3) is 0 Å². The second-order valence-electron chi connectivity index (χ2n) is 5.50. The Balaban J connectivity index is 2.07. The number of nitrogens with one attached hydrogen (secondary N) is 1. The minimum atomic E-state index is -0.327. The van der Waals surface area contributed by atoms with Gasteiger partial charge in [0.2, 0.25) is 5.91 Å².